The molecule has 1 saturated heterocycles. The molecule has 19 heavy (non-hydrogen) atoms. The van der Waals surface area contributed by atoms with E-state index < -0.39 is 0 Å². The van der Waals surface area contributed by atoms with Crippen molar-refractivity contribution in [3.63, 3.8) is 0 Å². The van der Waals surface area contributed by atoms with E-state index in [-0.39, 0.29) is 23.0 Å². The maximum absolute atomic E-state index is 6.01. The summed E-state index contributed by atoms with van der Waals surface area (Å²) in [5, 5.41) is 0.243. The quantitative estimate of drug-likeness (QED) is 0.799. The summed E-state index contributed by atoms with van der Waals surface area (Å²) in [6, 6.07) is 1.96. The molecule has 106 valence electrons. The Kier molecular flexibility index (Phi) is 4.28. The van der Waals surface area contributed by atoms with Crippen LogP contribution in [-0.2, 0) is 9.47 Å². The molecule has 1 aliphatic heterocycles. The number of ether oxygens (including phenoxy) is 2. The van der Waals surface area contributed by atoms with Crippen molar-refractivity contribution in [2.45, 2.75) is 45.4 Å². The number of hydrogen-bond acceptors (Lipinski definition) is 5. The van der Waals surface area contributed by atoms with Gasteiger partial charge in [-0.05, 0) is 45.4 Å². The number of aromatic nitrogens is 2. The van der Waals surface area contributed by atoms with Crippen molar-refractivity contribution in [3.05, 3.63) is 17.5 Å². The van der Waals surface area contributed by atoms with Crippen molar-refractivity contribution >= 4 is 17.4 Å². The first-order valence-corrected chi connectivity index (χ1v) is 6.75. The molecule has 2 rings (SSSR count). The Bertz CT molecular complexity index is 436. The fraction of sp³-hybridized carbons (Fsp3) is 0.692. The van der Waals surface area contributed by atoms with E-state index in [2.05, 4.69) is 21.8 Å². The number of nitrogens with zero attached hydrogens (tertiary/aromatic N) is 3. The van der Waals surface area contributed by atoms with Gasteiger partial charge in [0, 0.05) is 6.20 Å². The van der Waals surface area contributed by atoms with E-state index in [1.807, 2.05) is 26.8 Å². The Labute approximate surface area is 118 Å². The van der Waals surface area contributed by atoms with Crippen LogP contribution in [0.15, 0.2) is 12.3 Å². The van der Waals surface area contributed by atoms with Gasteiger partial charge in [-0.25, -0.2) is 9.97 Å². The minimum atomic E-state index is -0.184. The maximum Gasteiger partial charge on any atom is 0.224 e. The van der Waals surface area contributed by atoms with E-state index >= 15 is 0 Å². The van der Waals surface area contributed by atoms with E-state index in [9.17, 15) is 0 Å². The van der Waals surface area contributed by atoms with Gasteiger partial charge >= 0.3 is 0 Å². The Morgan fingerprint density at radius 3 is 2.89 bits per heavy atom. The van der Waals surface area contributed by atoms with Crippen LogP contribution in [0.4, 0.5) is 5.82 Å². The molecule has 0 radical (unpaired) electrons. The molecule has 0 N–H and O–H groups in total. The van der Waals surface area contributed by atoms with Crippen molar-refractivity contribution < 1.29 is 9.47 Å². The van der Waals surface area contributed by atoms with Crippen molar-refractivity contribution in [1.82, 2.24) is 9.97 Å². The molecule has 0 saturated carbocycles. The molecule has 2 atom stereocenters. The van der Waals surface area contributed by atoms with Crippen LogP contribution in [0, 0.1) is 0 Å². The Balaban J connectivity index is 2.13. The Morgan fingerprint density at radius 1 is 1.53 bits per heavy atom. The smallest absolute Gasteiger partial charge is 0.224 e. The highest BCUT2D eigenvalue weighted by Crippen LogP contribution is 2.25. The molecule has 0 bridgehead atoms. The van der Waals surface area contributed by atoms with Crippen molar-refractivity contribution in [2.75, 3.05) is 18.2 Å². The molecule has 1 aromatic heterocycles. The predicted octanol–water partition coefficient (Wildman–Crippen LogP) is 2.50. The zero-order valence-corrected chi connectivity index (χ0v) is 12.5. The lowest BCUT2D eigenvalue weighted by Gasteiger charge is -2.33. The molecular weight excluding hydrogens is 266 g/mol. The molecule has 0 amide bonds. The monoisotopic (exact) mass is 285 g/mol. The van der Waals surface area contributed by atoms with Crippen molar-refractivity contribution in [2.24, 2.45) is 0 Å². The summed E-state index contributed by atoms with van der Waals surface area (Å²) < 4.78 is 11.5. The first-order chi connectivity index (χ1) is 8.87. The summed E-state index contributed by atoms with van der Waals surface area (Å²) in [5.41, 5.74) is -0.184. The summed E-state index contributed by atoms with van der Waals surface area (Å²) in [5.74, 6) is 0.770. The molecule has 0 aliphatic carbocycles. The number of halogens is 1. The SMILES string of the molecule is C[C@@H](OC(C)(C)C)[C@H]1COCN1c1ccnc(Cl)n1. The van der Waals surface area contributed by atoms with Crippen molar-refractivity contribution in [3.8, 4) is 0 Å². The van der Waals surface area contributed by atoms with Gasteiger partial charge in [-0.2, -0.15) is 0 Å². The van der Waals surface area contributed by atoms with Gasteiger partial charge in [-0.3, -0.25) is 0 Å². The maximum atomic E-state index is 6.01. The average Bonchev–Trinajstić information content (AvgIpc) is 2.75. The third kappa shape index (κ3) is 3.78. The normalized spacial score (nSPS) is 21.7. The molecule has 1 fully saturated rings. The highest BCUT2D eigenvalue weighted by molar-refractivity contribution is 6.28. The van der Waals surface area contributed by atoms with Crippen LogP contribution in [0.2, 0.25) is 5.28 Å². The highest BCUT2D eigenvalue weighted by Gasteiger charge is 2.33. The second-order valence-electron chi connectivity index (χ2n) is 5.66. The van der Waals surface area contributed by atoms with Crippen LogP contribution in [0.3, 0.4) is 0 Å². The van der Waals surface area contributed by atoms with Crippen LogP contribution < -0.4 is 4.90 Å². The van der Waals surface area contributed by atoms with E-state index in [1.54, 1.807) is 6.20 Å². The molecule has 0 aromatic carbocycles. The van der Waals surface area contributed by atoms with Gasteiger partial charge in [0.25, 0.3) is 0 Å². The van der Waals surface area contributed by atoms with E-state index in [0.717, 1.165) is 5.82 Å². The standard InChI is InChI=1S/C13H20ClN3O2/c1-9(19-13(2,3)4)10-7-18-8-17(10)11-5-6-15-12(14)16-11/h5-6,9-10H,7-8H2,1-4H3/t9-,10-/m1/s1. The number of anilines is 1. The van der Waals surface area contributed by atoms with Gasteiger partial charge in [0.15, 0.2) is 0 Å². The van der Waals surface area contributed by atoms with E-state index in [4.69, 9.17) is 21.1 Å². The van der Waals surface area contributed by atoms with Gasteiger partial charge in [-0.15, -0.1) is 0 Å². The number of rotatable bonds is 3. The van der Waals surface area contributed by atoms with Crippen molar-refractivity contribution in [1.29, 1.82) is 0 Å². The van der Waals surface area contributed by atoms with Crippen LogP contribution in [0.25, 0.3) is 0 Å². The average molecular weight is 286 g/mol. The first-order valence-electron chi connectivity index (χ1n) is 6.37. The second kappa shape index (κ2) is 5.61. The molecular formula is C13H20ClN3O2. The number of hydrogen-bond donors (Lipinski definition) is 0. The first kappa shape index (κ1) is 14.5. The van der Waals surface area contributed by atoms with Gasteiger partial charge < -0.3 is 14.4 Å². The topological polar surface area (TPSA) is 47.5 Å². The van der Waals surface area contributed by atoms with Gasteiger partial charge in [0.05, 0.1) is 24.4 Å². The second-order valence-corrected chi connectivity index (χ2v) is 5.99. The fourth-order valence-corrected chi connectivity index (χ4v) is 2.35. The van der Waals surface area contributed by atoms with Crippen LogP contribution in [0.1, 0.15) is 27.7 Å². The summed E-state index contributed by atoms with van der Waals surface area (Å²) >= 11 is 5.84. The lowest BCUT2D eigenvalue weighted by Crippen LogP contribution is -2.44. The highest BCUT2D eigenvalue weighted by atomic mass is 35.5. The Hall–Kier alpha value is -0.910. The molecule has 5 nitrogen and oxygen atoms in total. The predicted molar refractivity (Wildman–Crippen MR) is 74.4 cm³/mol. The molecule has 6 heteroatoms. The summed E-state index contributed by atoms with van der Waals surface area (Å²) in [4.78, 5) is 10.2. The summed E-state index contributed by atoms with van der Waals surface area (Å²) in [6.45, 7) is 9.32. The van der Waals surface area contributed by atoms with Crippen LogP contribution in [0.5, 0.6) is 0 Å². The van der Waals surface area contributed by atoms with Crippen LogP contribution >= 0.6 is 11.6 Å². The lowest BCUT2D eigenvalue weighted by molar-refractivity contribution is -0.0619. The third-order valence-corrected chi connectivity index (χ3v) is 3.09. The minimum Gasteiger partial charge on any atom is -0.371 e. The van der Waals surface area contributed by atoms with E-state index in [1.165, 1.54) is 0 Å². The minimum absolute atomic E-state index is 0.0382. The lowest BCUT2D eigenvalue weighted by atomic mass is 10.1. The van der Waals surface area contributed by atoms with Gasteiger partial charge in [0.2, 0.25) is 5.28 Å². The fourth-order valence-electron chi connectivity index (χ4n) is 2.20. The molecule has 1 aromatic rings. The van der Waals surface area contributed by atoms with E-state index in [0.29, 0.717) is 13.3 Å². The molecule has 0 unspecified atom stereocenters. The largest absolute Gasteiger partial charge is 0.371 e. The van der Waals surface area contributed by atoms with Gasteiger partial charge in [0.1, 0.15) is 12.5 Å². The third-order valence-electron chi connectivity index (χ3n) is 2.91. The molecule has 0 spiro atoms. The van der Waals surface area contributed by atoms with Gasteiger partial charge in [-0.1, -0.05) is 0 Å². The summed E-state index contributed by atoms with van der Waals surface area (Å²) in [7, 11) is 0. The summed E-state index contributed by atoms with van der Waals surface area (Å²) in [6.07, 6.45) is 1.69. The molecule has 2 heterocycles. The molecule has 1 aliphatic rings. The van der Waals surface area contributed by atoms with Crippen LogP contribution in [-0.4, -0.2) is 41.1 Å². The zero-order valence-electron chi connectivity index (χ0n) is 11.8. The Morgan fingerprint density at radius 2 is 2.26 bits per heavy atom. The zero-order chi connectivity index (χ0) is 14.0.